The molecule has 3 N–H and O–H groups in total. The Morgan fingerprint density at radius 3 is 2.48 bits per heavy atom. The second-order valence-corrected chi connectivity index (χ2v) is 4.98. The summed E-state index contributed by atoms with van der Waals surface area (Å²) in [6.45, 7) is 0. The predicted octanol–water partition coefficient (Wildman–Crippen LogP) is 2.91. The lowest BCUT2D eigenvalue weighted by Gasteiger charge is -2.08. The molecule has 2 aromatic carbocycles. The van der Waals surface area contributed by atoms with E-state index in [2.05, 4.69) is 10.6 Å². The molecule has 0 fully saturated rings. The molecule has 2 rings (SSSR count). The topological polar surface area (TPSA) is 78.4 Å². The maximum absolute atomic E-state index is 11.8. The van der Waals surface area contributed by atoms with Crippen LogP contribution in [0.15, 0.2) is 60.7 Å². The van der Waals surface area contributed by atoms with Crippen LogP contribution in [0.5, 0.6) is 0 Å². The molecule has 0 saturated heterocycles. The highest BCUT2D eigenvalue weighted by atomic mass is 32.1. The standard InChI is InChI=1S/C17H14N2O3S/c20-15(10-9-12-5-2-1-3-6-12)19-17(23)18-14-8-4-7-13(11-14)16(21)22/h1-11H,(H,21,22)(H2,18,19,20,23). The minimum Gasteiger partial charge on any atom is -0.478 e. The number of anilines is 1. The van der Waals surface area contributed by atoms with Crippen molar-refractivity contribution in [2.24, 2.45) is 0 Å². The van der Waals surface area contributed by atoms with E-state index in [9.17, 15) is 9.59 Å². The molecule has 0 unspecified atom stereocenters. The van der Waals surface area contributed by atoms with Gasteiger partial charge in [0.05, 0.1) is 5.56 Å². The number of carbonyl (C=O) groups is 2. The molecule has 0 aliphatic rings. The summed E-state index contributed by atoms with van der Waals surface area (Å²) in [6.07, 6.45) is 3.04. The third-order valence-electron chi connectivity index (χ3n) is 2.83. The molecule has 23 heavy (non-hydrogen) atoms. The highest BCUT2D eigenvalue weighted by Gasteiger charge is 2.05. The summed E-state index contributed by atoms with van der Waals surface area (Å²) in [5.74, 6) is -1.41. The van der Waals surface area contributed by atoms with Crippen molar-refractivity contribution in [1.82, 2.24) is 5.32 Å². The first kappa shape index (κ1) is 16.4. The highest BCUT2D eigenvalue weighted by molar-refractivity contribution is 7.80. The van der Waals surface area contributed by atoms with E-state index in [1.807, 2.05) is 30.3 Å². The molecular formula is C17H14N2O3S. The third-order valence-corrected chi connectivity index (χ3v) is 3.03. The van der Waals surface area contributed by atoms with E-state index in [0.717, 1.165) is 5.56 Å². The minimum atomic E-state index is -1.03. The number of thiocarbonyl (C=S) groups is 1. The third kappa shape index (κ3) is 5.37. The smallest absolute Gasteiger partial charge is 0.335 e. The van der Waals surface area contributed by atoms with Gasteiger partial charge in [0.15, 0.2) is 5.11 Å². The molecule has 2 aromatic rings. The Labute approximate surface area is 138 Å². The molecule has 0 radical (unpaired) electrons. The number of nitrogens with one attached hydrogen (secondary N) is 2. The van der Waals surface area contributed by atoms with Crippen molar-refractivity contribution in [3.05, 3.63) is 71.8 Å². The molecule has 0 heterocycles. The second-order valence-electron chi connectivity index (χ2n) is 4.57. The fourth-order valence-corrected chi connectivity index (χ4v) is 2.00. The summed E-state index contributed by atoms with van der Waals surface area (Å²) in [5.41, 5.74) is 1.52. The molecule has 0 saturated carbocycles. The molecule has 116 valence electrons. The molecule has 0 spiro atoms. The van der Waals surface area contributed by atoms with Crippen molar-refractivity contribution in [2.45, 2.75) is 0 Å². The van der Waals surface area contributed by atoms with Gasteiger partial charge in [0.25, 0.3) is 0 Å². The Kier molecular flexibility index (Phi) is 5.60. The van der Waals surface area contributed by atoms with Crippen molar-refractivity contribution in [3.63, 3.8) is 0 Å². The molecule has 5 nitrogen and oxygen atoms in total. The Morgan fingerprint density at radius 1 is 1.04 bits per heavy atom. The average molecular weight is 326 g/mol. The fourth-order valence-electron chi connectivity index (χ4n) is 1.78. The monoisotopic (exact) mass is 326 g/mol. The van der Waals surface area contributed by atoms with Gasteiger partial charge >= 0.3 is 5.97 Å². The maximum Gasteiger partial charge on any atom is 0.335 e. The first-order chi connectivity index (χ1) is 11.0. The van der Waals surface area contributed by atoms with Crippen LogP contribution in [0, 0.1) is 0 Å². The Hall–Kier alpha value is -2.99. The number of carboxylic acids is 1. The van der Waals surface area contributed by atoms with Crippen LogP contribution in [0.1, 0.15) is 15.9 Å². The van der Waals surface area contributed by atoms with Crippen LogP contribution in [0.3, 0.4) is 0 Å². The van der Waals surface area contributed by atoms with Crippen molar-refractivity contribution in [1.29, 1.82) is 0 Å². The SMILES string of the molecule is O=C(C=Cc1ccccc1)NC(=S)Nc1cccc(C(=O)O)c1. The zero-order valence-electron chi connectivity index (χ0n) is 12.0. The van der Waals surface area contributed by atoms with Gasteiger partial charge in [-0.1, -0.05) is 36.4 Å². The molecule has 6 heteroatoms. The van der Waals surface area contributed by atoms with E-state index < -0.39 is 5.97 Å². The number of amides is 1. The quantitative estimate of drug-likeness (QED) is 0.595. The van der Waals surface area contributed by atoms with Crippen LogP contribution in [0.2, 0.25) is 0 Å². The molecular weight excluding hydrogens is 312 g/mol. The van der Waals surface area contributed by atoms with Gasteiger partial charge in [-0.15, -0.1) is 0 Å². The summed E-state index contributed by atoms with van der Waals surface area (Å²) >= 11 is 5.03. The molecule has 0 atom stereocenters. The van der Waals surface area contributed by atoms with Crippen LogP contribution in [-0.4, -0.2) is 22.1 Å². The summed E-state index contributed by atoms with van der Waals surface area (Å²) < 4.78 is 0. The van der Waals surface area contributed by atoms with Gasteiger partial charge < -0.3 is 10.4 Å². The first-order valence-corrected chi connectivity index (χ1v) is 7.14. The van der Waals surface area contributed by atoms with Gasteiger partial charge in [0.2, 0.25) is 5.91 Å². The van der Waals surface area contributed by atoms with E-state index in [4.69, 9.17) is 17.3 Å². The van der Waals surface area contributed by atoms with Crippen molar-refractivity contribution >= 4 is 41.0 Å². The number of hydrogen-bond donors (Lipinski definition) is 3. The molecule has 1 amide bonds. The summed E-state index contributed by atoms with van der Waals surface area (Å²) in [6, 6.07) is 15.5. The largest absolute Gasteiger partial charge is 0.478 e. The molecule has 0 aliphatic heterocycles. The number of carboxylic acid groups (broad SMARTS) is 1. The summed E-state index contributed by atoms with van der Waals surface area (Å²) in [5, 5.41) is 14.3. The van der Waals surface area contributed by atoms with Gasteiger partial charge in [-0.2, -0.15) is 0 Å². The Morgan fingerprint density at radius 2 is 1.78 bits per heavy atom. The first-order valence-electron chi connectivity index (χ1n) is 6.73. The predicted molar refractivity (Wildman–Crippen MR) is 93.2 cm³/mol. The van der Waals surface area contributed by atoms with Crippen LogP contribution < -0.4 is 10.6 Å². The van der Waals surface area contributed by atoms with Crippen LogP contribution in [0.25, 0.3) is 6.08 Å². The van der Waals surface area contributed by atoms with Crippen LogP contribution in [0.4, 0.5) is 5.69 Å². The Bertz CT molecular complexity index is 757. The van der Waals surface area contributed by atoms with E-state index in [-0.39, 0.29) is 16.6 Å². The van der Waals surface area contributed by atoms with Crippen LogP contribution in [-0.2, 0) is 4.79 Å². The summed E-state index contributed by atoms with van der Waals surface area (Å²) in [4.78, 5) is 22.7. The normalized spacial score (nSPS) is 10.3. The molecule has 0 aliphatic carbocycles. The van der Waals surface area contributed by atoms with Gasteiger partial charge in [-0.3, -0.25) is 10.1 Å². The van der Waals surface area contributed by atoms with E-state index in [1.165, 1.54) is 18.2 Å². The molecule has 0 bridgehead atoms. The average Bonchev–Trinajstić information content (AvgIpc) is 2.54. The number of benzene rings is 2. The zero-order chi connectivity index (χ0) is 16.7. The van der Waals surface area contributed by atoms with Gasteiger partial charge in [-0.05, 0) is 42.1 Å². The van der Waals surface area contributed by atoms with Gasteiger partial charge in [0.1, 0.15) is 0 Å². The number of carbonyl (C=O) groups excluding carboxylic acids is 1. The number of aromatic carboxylic acids is 1. The summed E-state index contributed by atoms with van der Waals surface area (Å²) in [7, 11) is 0. The fraction of sp³-hybridized carbons (Fsp3) is 0. The lowest BCUT2D eigenvalue weighted by Crippen LogP contribution is -2.32. The van der Waals surface area contributed by atoms with Gasteiger partial charge in [-0.25, -0.2) is 4.79 Å². The minimum absolute atomic E-state index is 0.0928. The van der Waals surface area contributed by atoms with Crippen molar-refractivity contribution in [3.8, 4) is 0 Å². The van der Waals surface area contributed by atoms with E-state index in [0.29, 0.717) is 5.69 Å². The number of rotatable bonds is 4. The van der Waals surface area contributed by atoms with Crippen molar-refractivity contribution in [2.75, 3.05) is 5.32 Å². The van der Waals surface area contributed by atoms with Gasteiger partial charge in [0, 0.05) is 11.8 Å². The highest BCUT2D eigenvalue weighted by Crippen LogP contribution is 2.10. The maximum atomic E-state index is 11.8. The van der Waals surface area contributed by atoms with Crippen molar-refractivity contribution < 1.29 is 14.7 Å². The second kappa shape index (κ2) is 7.86. The zero-order valence-corrected chi connectivity index (χ0v) is 12.8. The Balaban J connectivity index is 1.92. The van der Waals surface area contributed by atoms with Crippen LogP contribution >= 0.6 is 12.2 Å². The molecule has 0 aromatic heterocycles. The van der Waals surface area contributed by atoms with E-state index >= 15 is 0 Å². The number of hydrogen-bond acceptors (Lipinski definition) is 3. The lowest BCUT2D eigenvalue weighted by molar-refractivity contribution is -0.115. The lowest BCUT2D eigenvalue weighted by atomic mass is 10.2. The van der Waals surface area contributed by atoms with E-state index in [1.54, 1.807) is 18.2 Å².